The number of carbonyl (C=O) groups is 1. The number of hydrogen-bond acceptors (Lipinski definition) is 10. The Labute approximate surface area is 278 Å². The van der Waals surface area contributed by atoms with Crippen molar-refractivity contribution < 1.29 is 28.3 Å². The van der Waals surface area contributed by atoms with Gasteiger partial charge in [-0.25, -0.2) is 9.97 Å². The van der Waals surface area contributed by atoms with Crippen LogP contribution in [0.3, 0.4) is 0 Å². The van der Waals surface area contributed by atoms with Crippen LogP contribution in [0, 0.1) is 20.8 Å². The Bertz CT molecular complexity index is 2000. The van der Waals surface area contributed by atoms with Gasteiger partial charge in [0.1, 0.15) is 36.2 Å². The maximum atomic E-state index is 13.7. The molecular formula is C36H40N6O6. The lowest BCUT2D eigenvalue weighted by Crippen LogP contribution is -2.49. The molecule has 2 fully saturated rings. The van der Waals surface area contributed by atoms with E-state index in [2.05, 4.69) is 20.4 Å². The molecule has 5 aromatic rings. The first kappa shape index (κ1) is 30.6. The van der Waals surface area contributed by atoms with Gasteiger partial charge in [0.15, 0.2) is 11.5 Å². The molecule has 12 nitrogen and oxygen atoms in total. The number of nitrogens with one attached hydrogen (secondary N) is 2. The lowest BCUT2D eigenvalue weighted by Gasteiger charge is -2.39. The molecule has 250 valence electrons. The van der Waals surface area contributed by atoms with Gasteiger partial charge in [-0.15, -0.1) is 0 Å². The standard InChI is InChI=1S/C36H40N6O6/c1-19-30(20(2)48-41-19)27-17-28-26(18-29(27)44-4)31-32(37-21(3)38-35(31)40-28)24-5-6-25(34-33(24)46-15-16-47-34)36(43)39-22-7-11-42(12-8-22)23-9-13-45-14-10-23/h5-6,17-18,22-23H,7-16H2,1-4H3,(H,39,43)(H,37,38,40). The Morgan fingerprint density at radius 1 is 0.958 bits per heavy atom. The Morgan fingerprint density at radius 3 is 2.46 bits per heavy atom. The minimum atomic E-state index is -0.152. The number of fused-ring (bicyclic) bond motifs is 4. The molecule has 0 bridgehead atoms. The van der Waals surface area contributed by atoms with Crippen molar-refractivity contribution in [2.75, 3.05) is 46.6 Å². The van der Waals surface area contributed by atoms with Crippen LogP contribution >= 0.6 is 0 Å². The van der Waals surface area contributed by atoms with E-state index >= 15 is 0 Å². The summed E-state index contributed by atoms with van der Waals surface area (Å²) in [5.41, 5.74) is 5.99. The van der Waals surface area contributed by atoms with Crippen molar-refractivity contribution in [3.63, 3.8) is 0 Å². The van der Waals surface area contributed by atoms with E-state index < -0.39 is 0 Å². The van der Waals surface area contributed by atoms with E-state index in [4.69, 9.17) is 33.4 Å². The number of carbonyl (C=O) groups excluding carboxylic acids is 1. The molecule has 1 amide bonds. The van der Waals surface area contributed by atoms with Crippen molar-refractivity contribution in [1.82, 2.24) is 30.3 Å². The van der Waals surface area contributed by atoms with Gasteiger partial charge in [0.2, 0.25) is 0 Å². The molecule has 0 unspecified atom stereocenters. The summed E-state index contributed by atoms with van der Waals surface area (Å²) >= 11 is 0. The third-order valence-electron chi connectivity index (χ3n) is 9.95. The number of benzene rings is 2. The molecule has 2 saturated heterocycles. The molecule has 48 heavy (non-hydrogen) atoms. The molecule has 3 aromatic heterocycles. The van der Waals surface area contributed by atoms with Gasteiger partial charge in [0, 0.05) is 60.4 Å². The molecule has 0 spiro atoms. The van der Waals surface area contributed by atoms with Gasteiger partial charge >= 0.3 is 0 Å². The van der Waals surface area contributed by atoms with Crippen molar-refractivity contribution in [3.05, 3.63) is 47.1 Å². The van der Waals surface area contributed by atoms with E-state index in [-0.39, 0.29) is 11.9 Å². The van der Waals surface area contributed by atoms with E-state index in [1.54, 1.807) is 7.11 Å². The number of methoxy groups -OCH3 is 1. The van der Waals surface area contributed by atoms with Crippen LogP contribution in [-0.4, -0.2) is 89.6 Å². The highest BCUT2D eigenvalue weighted by Gasteiger charge is 2.31. The third kappa shape index (κ3) is 5.32. The second-order valence-corrected chi connectivity index (χ2v) is 12.9. The Hall–Kier alpha value is -4.68. The van der Waals surface area contributed by atoms with Gasteiger partial charge < -0.3 is 38.7 Å². The number of piperidine rings is 1. The van der Waals surface area contributed by atoms with Crippen molar-refractivity contribution in [2.45, 2.75) is 58.5 Å². The van der Waals surface area contributed by atoms with Gasteiger partial charge in [-0.05, 0) is 70.7 Å². The number of rotatable bonds is 6. The van der Waals surface area contributed by atoms with E-state index in [0.717, 1.165) is 90.7 Å². The van der Waals surface area contributed by atoms with Crippen LogP contribution in [-0.2, 0) is 4.74 Å². The van der Waals surface area contributed by atoms with E-state index in [9.17, 15) is 4.79 Å². The number of likely N-dealkylation sites (tertiary alicyclic amines) is 1. The average Bonchev–Trinajstić information content (AvgIpc) is 3.64. The van der Waals surface area contributed by atoms with Gasteiger partial charge in [0.05, 0.1) is 35.0 Å². The molecule has 0 saturated carbocycles. The van der Waals surface area contributed by atoms with Crippen LogP contribution < -0.4 is 19.5 Å². The first-order valence-corrected chi connectivity index (χ1v) is 16.8. The zero-order chi connectivity index (χ0) is 32.9. The summed E-state index contributed by atoms with van der Waals surface area (Å²) in [7, 11) is 1.65. The zero-order valence-corrected chi connectivity index (χ0v) is 27.8. The number of aromatic nitrogens is 4. The quantitative estimate of drug-likeness (QED) is 0.242. The van der Waals surface area contributed by atoms with Crippen molar-refractivity contribution in [2.24, 2.45) is 0 Å². The fourth-order valence-electron chi connectivity index (χ4n) is 7.59. The Balaban J connectivity index is 1.14. The largest absolute Gasteiger partial charge is 0.496 e. The fraction of sp³-hybridized carbons (Fsp3) is 0.444. The molecule has 2 aromatic carbocycles. The number of nitrogens with zero attached hydrogens (tertiary/aromatic N) is 4. The number of aromatic amines is 1. The summed E-state index contributed by atoms with van der Waals surface area (Å²) in [6.45, 7) is 10.0. The average molecular weight is 653 g/mol. The monoisotopic (exact) mass is 652 g/mol. The summed E-state index contributed by atoms with van der Waals surface area (Å²) in [4.78, 5) is 29.5. The topological polar surface area (TPSA) is 137 Å². The first-order chi connectivity index (χ1) is 23.4. The number of ether oxygens (including phenoxy) is 4. The summed E-state index contributed by atoms with van der Waals surface area (Å²) in [6, 6.07) is 8.46. The highest BCUT2D eigenvalue weighted by molar-refractivity contribution is 6.14. The number of hydrogen-bond donors (Lipinski definition) is 2. The lowest BCUT2D eigenvalue weighted by molar-refractivity contribution is 0.0238. The molecule has 12 heteroatoms. The number of aryl methyl sites for hydroxylation is 3. The van der Waals surface area contributed by atoms with Gasteiger partial charge in [-0.2, -0.15) is 0 Å². The summed E-state index contributed by atoms with van der Waals surface area (Å²) in [6.07, 6.45) is 4.00. The first-order valence-electron chi connectivity index (χ1n) is 16.8. The van der Waals surface area contributed by atoms with Gasteiger partial charge in [-0.1, -0.05) is 5.16 Å². The highest BCUT2D eigenvalue weighted by Crippen LogP contribution is 2.46. The smallest absolute Gasteiger partial charge is 0.255 e. The van der Waals surface area contributed by atoms with Crippen LogP contribution in [0.4, 0.5) is 0 Å². The predicted octanol–water partition coefficient (Wildman–Crippen LogP) is 5.51. The molecule has 2 N–H and O–H groups in total. The van der Waals surface area contributed by atoms with E-state index in [1.165, 1.54) is 0 Å². The fourth-order valence-corrected chi connectivity index (χ4v) is 7.59. The SMILES string of the molecule is COc1cc2c(cc1-c1c(C)noc1C)[nH]c1nc(C)nc(-c3ccc(C(=O)NC4CCN(C5CCOCC5)CC4)c4c3OCCO4)c12. The van der Waals surface area contributed by atoms with Gasteiger partial charge in [-0.3, -0.25) is 4.79 Å². The predicted molar refractivity (Wildman–Crippen MR) is 180 cm³/mol. The second kappa shape index (κ2) is 12.4. The number of H-pyrrole nitrogens is 1. The lowest BCUT2D eigenvalue weighted by atomic mass is 9.98. The molecule has 3 aliphatic rings. The van der Waals surface area contributed by atoms with Crippen LogP contribution in [0.1, 0.15) is 53.3 Å². The molecule has 6 heterocycles. The third-order valence-corrected chi connectivity index (χ3v) is 9.95. The van der Waals surface area contributed by atoms with Crippen LogP contribution in [0.25, 0.3) is 44.3 Å². The Kier molecular flexibility index (Phi) is 7.92. The van der Waals surface area contributed by atoms with Crippen molar-refractivity contribution in [3.8, 4) is 39.6 Å². The maximum absolute atomic E-state index is 13.7. The second-order valence-electron chi connectivity index (χ2n) is 12.9. The van der Waals surface area contributed by atoms with Crippen molar-refractivity contribution >= 4 is 27.8 Å². The van der Waals surface area contributed by atoms with E-state index in [1.807, 2.05) is 45.0 Å². The maximum Gasteiger partial charge on any atom is 0.255 e. The zero-order valence-electron chi connectivity index (χ0n) is 27.8. The molecule has 0 radical (unpaired) electrons. The van der Waals surface area contributed by atoms with Crippen molar-refractivity contribution in [1.29, 1.82) is 0 Å². The van der Waals surface area contributed by atoms with E-state index in [0.29, 0.717) is 65.0 Å². The van der Waals surface area contributed by atoms with Crippen LogP contribution in [0.2, 0.25) is 0 Å². The molecular weight excluding hydrogens is 612 g/mol. The number of amides is 1. The summed E-state index contributed by atoms with van der Waals surface area (Å²) < 4.78 is 29.3. The molecule has 0 atom stereocenters. The normalized spacial score (nSPS) is 17.7. The minimum absolute atomic E-state index is 0.106. The minimum Gasteiger partial charge on any atom is -0.496 e. The van der Waals surface area contributed by atoms with Crippen LogP contribution in [0.15, 0.2) is 28.8 Å². The molecule has 3 aliphatic heterocycles. The highest BCUT2D eigenvalue weighted by atomic mass is 16.6. The summed E-state index contributed by atoms with van der Waals surface area (Å²) in [5.74, 6) is 2.79. The van der Waals surface area contributed by atoms with Gasteiger partial charge in [0.25, 0.3) is 5.91 Å². The van der Waals surface area contributed by atoms with Crippen LogP contribution in [0.5, 0.6) is 17.2 Å². The Morgan fingerprint density at radius 2 is 1.73 bits per heavy atom. The summed E-state index contributed by atoms with van der Waals surface area (Å²) in [5, 5.41) is 9.15. The molecule has 0 aliphatic carbocycles. The molecule has 8 rings (SSSR count).